The Hall–Kier alpha value is -2.61. The maximum atomic E-state index is 11.8. The van der Waals surface area contributed by atoms with Crippen LogP contribution in [0.5, 0.6) is 0 Å². The summed E-state index contributed by atoms with van der Waals surface area (Å²) in [5, 5.41) is 14.5. The lowest BCUT2D eigenvalue weighted by atomic mass is 10.0. The second-order valence-corrected chi connectivity index (χ2v) is 4.61. The lowest BCUT2D eigenvalue weighted by Crippen LogP contribution is -2.25. The van der Waals surface area contributed by atoms with Crippen molar-refractivity contribution < 1.29 is 19.0 Å². The number of Topliss-reactive ketones (excluding diaryl/α,β-unsaturated/α-hetero) is 1. The number of carbonyl (C=O) groups is 1. The Labute approximate surface area is 118 Å². The maximum absolute atomic E-state index is 11.8. The highest BCUT2D eigenvalue weighted by atomic mass is 16.6. The first-order valence-corrected chi connectivity index (χ1v) is 6.34. The Kier molecular flexibility index (Phi) is 3.44. The quantitative estimate of drug-likeness (QED) is 0.625. The third-order valence-electron chi connectivity index (χ3n) is 3.22. The molecule has 3 rings (SSSR count). The Bertz CT molecular complexity index is 697. The van der Waals surface area contributed by atoms with E-state index in [9.17, 15) is 14.9 Å². The van der Waals surface area contributed by atoms with Crippen LogP contribution in [-0.2, 0) is 9.53 Å². The zero-order valence-corrected chi connectivity index (χ0v) is 10.9. The van der Waals surface area contributed by atoms with Gasteiger partial charge in [-0.05, 0) is 0 Å². The Balaban J connectivity index is 1.89. The number of ether oxygens (including phenoxy) is 1. The van der Waals surface area contributed by atoms with Gasteiger partial charge in [-0.2, -0.15) is 4.98 Å². The highest BCUT2D eigenvalue weighted by Crippen LogP contribution is 2.25. The van der Waals surface area contributed by atoms with E-state index in [-0.39, 0.29) is 29.8 Å². The summed E-state index contributed by atoms with van der Waals surface area (Å²) in [4.78, 5) is 26.2. The van der Waals surface area contributed by atoms with Gasteiger partial charge < -0.3 is 9.26 Å². The van der Waals surface area contributed by atoms with E-state index >= 15 is 0 Å². The minimum atomic E-state index is -0.557. The molecule has 0 spiro atoms. The molecule has 1 aromatic carbocycles. The van der Waals surface area contributed by atoms with Crippen molar-refractivity contribution in [3.8, 4) is 11.4 Å². The van der Waals surface area contributed by atoms with E-state index in [4.69, 9.17) is 9.26 Å². The molecule has 0 N–H and O–H groups in total. The predicted molar refractivity (Wildman–Crippen MR) is 69.6 cm³/mol. The van der Waals surface area contributed by atoms with Gasteiger partial charge in [0.05, 0.1) is 18.1 Å². The van der Waals surface area contributed by atoms with Gasteiger partial charge in [-0.25, -0.2) is 0 Å². The summed E-state index contributed by atoms with van der Waals surface area (Å²) in [6, 6.07) is 5.91. The van der Waals surface area contributed by atoms with Gasteiger partial charge in [-0.15, -0.1) is 0 Å². The lowest BCUT2D eigenvalue weighted by molar-refractivity contribution is -0.384. The predicted octanol–water partition coefficient (Wildman–Crippen LogP) is 1.72. The van der Waals surface area contributed by atoms with Crippen LogP contribution in [0.3, 0.4) is 0 Å². The molecule has 1 aromatic heterocycles. The van der Waals surface area contributed by atoms with Gasteiger partial charge in [0.1, 0.15) is 11.7 Å². The number of nitro groups is 1. The third kappa shape index (κ3) is 2.65. The lowest BCUT2D eigenvalue weighted by Gasteiger charge is -2.16. The fourth-order valence-corrected chi connectivity index (χ4v) is 2.10. The fraction of sp³-hybridized carbons (Fsp3) is 0.308. The van der Waals surface area contributed by atoms with E-state index in [1.54, 1.807) is 12.1 Å². The standard InChI is InChI=1S/C13H11N3O5/c17-11-4-5-20-7-10(11)13-14-12(15-21-13)8-2-1-3-9(6-8)16(18)19/h1-3,6,10H,4-5,7H2. The number of nitro benzene ring substituents is 1. The normalized spacial score (nSPS) is 18.7. The Morgan fingerprint density at radius 1 is 1.38 bits per heavy atom. The largest absolute Gasteiger partial charge is 0.380 e. The number of aromatic nitrogens is 2. The molecule has 1 fully saturated rings. The van der Waals surface area contributed by atoms with E-state index in [0.717, 1.165) is 0 Å². The van der Waals surface area contributed by atoms with Crippen LogP contribution in [0, 0.1) is 10.1 Å². The first kappa shape index (κ1) is 13.4. The molecule has 0 bridgehead atoms. The zero-order valence-electron chi connectivity index (χ0n) is 10.9. The monoisotopic (exact) mass is 289 g/mol. The first-order valence-electron chi connectivity index (χ1n) is 6.34. The minimum Gasteiger partial charge on any atom is -0.380 e. The summed E-state index contributed by atoms with van der Waals surface area (Å²) in [6.45, 7) is 0.622. The van der Waals surface area contributed by atoms with Crippen molar-refractivity contribution >= 4 is 11.5 Å². The number of non-ortho nitro benzene ring substituents is 1. The Morgan fingerprint density at radius 3 is 3.00 bits per heavy atom. The smallest absolute Gasteiger partial charge is 0.270 e. The van der Waals surface area contributed by atoms with E-state index in [0.29, 0.717) is 18.6 Å². The van der Waals surface area contributed by atoms with Crippen LogP contribution in [-0.4, -0.2) is 34.1 Å². The molecule has 2 heterocycles. The maximum Gasteiger partial charge on any atom is 0.270 e. The van der Waals surface area contributed by atoms with Crippen LogP contribution < -0.4 is 0 Å². The van der Waals surface area contributed by atoms with Crippen molar-refractivity contribution in [1.29, 1.82) is 0 Å². The molecular formula is C13H11N3O5. The summed E-state index contributed by atoms with van der Waals surface area (Å²) in [5.74, 6) is -0.164. The molecule has 0 radical (unpaired) electrons. The van der Waals surface area contributed by atoms with E-state index in [1.807, 2.05) is 0 Å². The molecule has 8 nitrogen and oxygen atoms in total. The van der Waals surface area contributed by atoms with Crippen LogP contribution in [0.2, 0.25) is 0 Å². The van der Waals surface area contributed by atoms with Gasteiger partial charge in [0.15, 0.2) is 0 Å². The topological polar surface area (TPSA) is 108 Å². The average molecular weight is 289 g/mol. The van der Waals surface area contributed by atoms with Crippen LogP contribution in [0.25, 0.3) is 11.4 Å². The second-order valence-electron chi connectivity index (χ2n) is 4.61. The molecular weight excluding hydrogens is 278 g/mol. The van der Waals surface area contributed by atoms with E-state index < -0.39 is 10.8 Å². The Morgan fingerprint density at radius 2 is 2.24 bits per heavy atom. The summed E-state index contributed by atoms with van der Waals surface area (Å²) >= 11 is 0. The van der Waals surface area contributed by atoms with Gasteiger partial charge in [-0.3, -0.25) is 14.9 Å². The van der Waals surface area contributed by atoms with E-state index in [1.165, 1.54) is 12.1 Å². The first-order chi connectivity index (χ1) is 10.1. The molecule has 1 saturated heterocycles. The molecule has 1 aliphatic heterocycles. The van der Waals surface area contributed by atoms with E-state index in [2.05, 4.69) is 10.1 Å². The SMILES string of the molecule is O=C1CCOCC1c1nc(-c2cccc([N+](=O)[O-])c2)no1. The molecule has 0 amide bonds. The molecule has 2 aromatic rings. The van der Waals surface area contributed by atoms with Gasteiger partial charge in [-0.1, -0.05) is 17.3 Å². The van der Waals surface area contributed by atoms with Crippen molar-refractivity contribution in [1.82, 2.24) is 10.1 Å². The number of benzene rings is 1. The summed E-state index contributed by atoms with van der Waals surface area (Å²) in [6.07, 6.45) is 0.319. The summed E-state index contributed by atoms with van der Waals surface area (Å²) in [5.41, 5.74) is 0.402. The number of rotatable bonds is 3. The fourth-order valence-electron chi connectivity index (χ4n) is 2.10. The van der Waals surface area contributed by atoms with Crippen molar-refractivity contribution in [2.45, 2.75) is 12.3 Å². The molecule has 0 aliphatic carbocycles. The minimum absolute atomic E-state index is 0.00417. The van der Waals surface area contributed by atoms with Gasteiger partial charge >= 0.3 is 0 Å². The van der Waals surface area contributed by atoms with Gasteiger partial charge in [0.2, 0.25) is 11.7 Å². The number of hydrogen-bond donors (Lipinski definition) is 0. The molecule has 108 valence electrons. The highest BCUT2D eigenvalue weighted by molar-refractivity contribution is 5.85. The number of carbonyl (C=O) groups excluding carboxylic acids is 1. The number of ketones is 1. The van der Waals surface area contributed by atoms with Crippen LogP contribution >= 0.6 is 0 Å². The molecule has 0 saturated carbocycles. The van der Waals surface area contributed by atoms with Gasteiger partial charge in [0, 0.05) is 24.1 Å². The zero-order chi connectivity index (χ0) is 14.8. The number of nitrogens with zero attached hydrogens (tertiary/aromatic N) is 3. The number of hydrogen-bond acceptors (Lipinski definition) is 7. The van der Waals surface area contributed by atoms with Crippen molar-refractivity contribution in [2.24, 2.45) is 0 Å². The molecule has 1 atom stereocenters. The highest BCUT2D eigenvalue weighted by Gasteiger charge is 2.30. The molecule has 8 heteroatoms. The van der Waals surface area contributed by atoms with Crippen molar-refractivity contribution in [2.75, 3.05) is 13.2 Å². The molecule has 21 heavy (non-hydrogen) atoms. The third-order valence-corrected chi connectivity index (χ3v) is 3.22. The average Bonchev–Trinajstić information content (AvgIpc) is 2.97. The van der Waals surface area contributed by atoms with Gasteiger partial charge in [0.25, 0.3) is 5.69 Å². The molecule has 1 unspecified atom stereocenters. The second kappa shape index (κ2) is 5.41. The van der Waals surface area contributed by atoms with Crippen LogP contribution in [0.1, 0.15) is 18.2 Å². The molecule has 1 aliphatic rings. The van der Waals surface area contributed by atoms with Crippen molar-refractivity contribution in [3.63, 3.8) is 0 Å². The summed E-state index contributed by atoms with van der Waals surface area (Å²) < 4.78 is 10.3. The van der Waals surface area contributed by atoms with Crippen LogP contribution in [0.4, 0.5) is 5.69 Å². The summed E-state index contributed by atoms with van der Waals surface area (Å²) in [7, 11) is 0. The van der Waals surface area contributed by atoms with Crippen LogP contribution in [0.15, 0.2) is 28.8 Å². The van der Waals surface area contributed by atoms with Crippen molar-refractivity contribution in [3.05, 3.63) is 40.3 Å².